The first-order chi connectivity index (χ1) is 19.9. The maximum absolute atomic E-state index is 13.1. The maximum Gasteiger partial charge on any atom is 0.411 e. The highest BCUT2D eigenvalue weighted by molar-refractivity contribution is 5.74. The van der Waals surface area contributed by atoms with Crippen molar-refractivity contribution in [3.63, 3.8) is 0 Å². The van der Waals surface area contributed by atoms with Crippen LogP contribution in [-0.2, 0) is 22.5 Å². The molecule has 210 valence electrons. The minimum Gasteiger partial charge on any atom is -0.496 e. The van der Waals surface area contributed by atoms with Gasteiger partial charge in [-0.25, -0.2) is 4.79 Å². The molecule has 0 aromatic heterocycles. The molecular formula is C33H31NO7. The van der Waals surface area contributed by atoms with Gasteiger partial charge in [0.25, 0.3) is 0 Å². The minimum absolute atomic E-state index is 0.155. The first kappa shape index (κ1) is 27.6. The summed E-state index contributed by atoms with van der Waals surface area (Å²) in [5.74, 6) is 1.09. The Morgan fingerprint density at radius 2 is 1.56 bits per heavy atom. The molecule has 1 N–H and O–H groups in total. The van der Waals surface area contributed by atoms with Crippen LogP contribution in [0.1, 0.15) is 29.7 Å². The summed E-state index contributed by atoms with van der Waals surface area (Å²) in [6.07, 6.45) is -0.975. The number of nitrogens with zero attached hydrogens (tertiary/aromatic N) is 1. The van der Waals surface area contributed by atoms with Gasteiger partial charge in [0, 0.05) is 11.1 Å². The Hall–Kier alpha value is -4.98. The molecule has 0 radical (unpaired) electrons. The average Bonchev–Trinajstić information content (AvgIpc) is 3.26. The van der Waals surface area contributed by atoms with Gasteiger partial charge in [-0.1, -0.05) is 60.7 Å². The van der Waals surface area contributed by atoms with Crippen LogP contribution in [0.25, 0.3) is 11.1 Å². The fourth-order valence-corrected chi connectivity index (χ4v) is 5.04. The smallest absolute Gasteiger partial charge is 0.411 e. The number of benzene rings is 4. The molecule has 8 heteroatoms. The van der Waals surface area contributed by atoms with E-state index in [9.17, 15) is 14.7 Å². The lowest BCUT2D eigenvalue weighted by molar-refractivity contribution is -0.136. The monoisotopic (exact) mass is 553 g/mol. The summed E-state index contributed by atoms with van der Waals surface area (Å²) >= 11 is 0. The molecule has 4 aromatic carbocycles. The van der Waals surface area contributed by atoms with E-state index in [1.807, 2.05) is 79.7 Å². The molecular weight excluding hydrogens is 522 g/mol. The molecule has 1 heterocycles. The van der Waals surface area contributed by atoms with Crippen LogP contribution in [0.3, 0.4) is 0 Å². The number of cyclic esters (lactones) is 1. The van der Waals surface area contributed by atoms with Crippen molar-refractivity contribution in [2.24, 2.45) is 0 Å². The zero-order valence-electron chi connectivity index (χ0n) is 23.1. The second kappa shape index (κ2) is 12.0. The predicted molar refractivity (Wildman–Crippen MR) is 154 cm³/mol. The van der Waals surface area contributed by atoms with Crippen LogP contribution in [0, 0.1) is 0 Å². The third kappa shape index (κ3) is 5.96. The maximum atomic E-state index is 13.1. The Balaban J connectivity index is 1.54. The number of aliphatic carboxylic acids is 1. The van der Waals surface area contributed by atoms with E-state index < -0.39 is 18.2 Å². The number of para-hydroxylation sites is 1. The van der Waals surface area contributed by atoms with Gasteiger partial charge >= 0.3 is 12.1 Å². The number of methoxy groups -OCH3 is 2. The quantitative estimate of drug-likeness (QED) is 0.229. The van der Waals surface area contributed by atoms with Gasteiger partial charge in [0.1, 0.15) is 17.6 Å². The van der Waals surface area contributed by atoms with Crippen LogP contribution in [0.4, 0.5) is 4.79 Å². The summed E-state index contributed by atoms with van der Waals surface area (Å²) in [5.41, 5.74) is 4.01. The summed E-state index contributed by atoms with van der Waals surface area (Å²) in [4.78, 5) is 26.1. The van der Waals surface area contributed by atoms with Gasteiger partial charge in [0.05, 0.1) is 33.2 Å². The van der Waals surface area contributed by atoms with Gasteiger partial charge in [-0.15, -0.1) is 0 Å². The van der Waals surface area contributed by atoms with Crippen molar-refractivity contribution >= 4 is 12.1 Å². The van der Waals surface area contributed by atoms with Gasteiger partial charge in [-0.3, -0.25) is 9.69 Å². The summed E-state index contributed by atoms with van der Waals surface area (Å²) in [5, 5.41) is 9.28. The molecule has 8 nitrogen and oxygen atoms in total. The molecule has 41 heavy (non-hydrogen) atoms. The Morgan fingerprint density at radius 3 is 2.29 bits per heavy atom. The second-order valence-corrected chi connectivity index (χ2v) is 9.76. The minimum atomic E-state index is -0.947. The number of carboxylic acids is 1. The van der Waals surface area contributed by atoms with E-state index in [1.54, 1.807) is 30.2 Å². The lowest BCUT2D eigenvalue weighted by Crippen LogP contribution is -2.31. The summed E-state index contributed by atoms with van der Waals surface area (Å²) in [6, 6.07) is 27.9. The Labute approximate surface area is 238 Å². The normalized spacial score (nSPS) is 16.3. The van der Waals surface area contributed by atoms with Crippen molar-refractivity contribution in [2.45, 2.75) is 32.0 Å². The molecule has 5 rings (SSSR count). The van der Waals surface area contributed by atoms with E-state index in [-0.39, 0.29) is 19.0 Å². The average molecular weight is 554 g/mol. The SMILES string of the molecule is COc1ccc(CC(=O)O)cc1Oc1ccc(-c2ccccc2OC)cc1CN1C(=O)OC(c2ccccc2)C1C. The Bertz CT molecular complexity index is 1550. The Morgan fingerprint density at radius 1 is 0.854 bits per heavy atom. The standard InChI is InChI=1S/C33H31NO7/c1-21-32(23-9-5-4-6-10-23)41-33(37)34(21)20-25-19-24(26-11-7-8-12-28(26)38-2)14-16-27(25)40-30-17-22(18-31(35)36)13-15-29(30)39-3/h4-17,19,21,32H,18,20H2,1-3H3,(H,35,36). The number of ether oxygens (including phenoxy) is 4. The van der Waals surface area contributed by atoms with Gasteiger partial charge in [0.2, 0.25) is 0 Å². The topological polar surface area (TPSA) is 94.5 Å². The predicted octanol–water partition coefficient (Wildman–Crippen LogP) is 6.87. The molecule has 2 unspecified atom stereocenters. The summed E-state index contributed by atoms with van der Waals surface area (Å²) in [7, 11) is 3.15. The van der Waals surface area contributed by atoms with Gasteiger partial charge in [0.15, 0.2) is 11.5 Å². The Kier molecular flexibility index (Phi) is 8.10. The van der Waals surface area contributed by atoms with Crippen LogP contribution >= 0.6 is 0 Å². The molecule has 0 aliphatic carbocycles. The summed E-state index contributed by atoms with van der Waals surface area (Å²) in [6.45, 7) is 2.18. The van der Waals surface area contributed by atoms with Crippen LogP contribution in [0.5, 0.6) is 23.0 Å². The first-order valence-corrected chi connectivity index (χ1v) is 13.2. The van der Waals surface area contributed by atoms with E-state index in [0.29, 0.717) is 28.6 Å². The molecule has 4 aromatic rings. The van der Waals surface area contributed by atoms with Gasteiger partial charge in [-0.2, -0.15) is 0 Å². The molecule has 2 atom stereocenters. The van der Waals surface area contributed by atoms with E-state index in [2.05, 4.69) is 0 Å². The van der Waals surface area contributed by atoms with Crippen LogP contribution < -0.4 is 14.2 Å². The fourth-order valence-electron chi connectivity index (χ4n) is 5.04. The van der Waals surface area contributed by atoms with Crippen LogP contribution in [-0.4, -0.2) is 42.3 Å². The molecule has 0 saturated carbocycles. The highest BCUT2D eigenvalue weighted by atomic mass is 16.6. The number of carbonyl (C=O) groups excluding carboxylic acids is 1. The number of hydrogen-bond donors (Lipinski definition) is 1. The fraction of sp³-hybridized carbons (Fsp3) is 0.212. The molecule has 1 fully saturated rings. The molecule has 1 aliphatic heterocycles. The zero-order chi connectivity index (χ0) is 28.9. The van der Waals surface area contributed by atoms with Crippen LogP contribution in [0.2, 0.25) is 0 Å². The third-order valence-corrected chi connectivity index (χ3v) is 7.14. The van der Waals surface area contributed by atoms with Crippen molar-refractivity contribution in [1.29, 1.82) is 0 Å². The largest absolute Gasteiger partial charge is 0.496 e. The lowest BCUT2D eigenvalue weighted by atomic mass is 10.00. The number of hydrogen-bond acceptors (Lipinski definition) is 6. The van der Waals surface area contributed by atoms with Crippen molar-refractivity contribution in [2.75, 3.05) is 14.2 Å². The van der Waals surface area contributed by atoms with E-state index >= 15 is 0 Å². The molecule has 0 bridgehead atoms. The van der Waals surface area contributed by atoms with Crippen molar-refractivity contribution in [3.8, 4) is 34.1 Å². The second-order valence-electron chi connectivity index (χ2n) is 9.76. The summed E-state index contributed by atoms with van der Waals surface area (Å²) < 4.78 is 23.2. The van der Waals surface area contributed by atoms with Crippen molar-refractivity contribution < 1.29 is 33.6 Å². The van der Waals surface area contributed by atoms with Gasteiger partial charge < -0.3 is 24.1 Å². The molecule has 1 amide bonds. The zero-order valence-corrected chi connectivity index (χ0v) is 23.1. The lowest BCUT2D eigenvalue weighted by Gasteiger charge is -2.23. The van der Waals surface area contributed by atoms with Crippen LogP contribution in [0.15, 0.2) is 91.0 Å². The molecule has 0 spiro atoms. The third-order valence-electron chi connectivity index (χ3n) is 7.14. The number of carbonyl (C=O) groups is 2. The number of rotatable bonds is 10. The highest BCUT2D eigenvalue weighted by Gasteiger charge is 2.40. The molecule has 1 saturated heterocycles. The highest BCUT2D eigenvalue weighted by Crippen LogP contribution is 2.40. The van der Waals surface area contributed by atoms with E-state index in [4.69, 9.17) is 18.9 Å². The van der Waals surface area contributed by atoms with Crippen molar-refractivity contribution in [3.05, 3.63) is 108 Å². The molecule has 1 aliphatic rings. The van der Waals surface area contributed by atoms with E-state index in [0.717, 1.165) is 22.3 Å². The van der Waals surface area contributed by atoms with E-state index in [1.165, 1.54) is 7.11 Å². The number of carboxylic acid groups (broad SMARTS) is 1. The van der Waals surface area contributed by atoms with Gasteiger partial charge in [-0.05, 0) is 53.9 Å². The number of amides is 1. The van der Waals surface area contributed by atoms with Crippen molar-refractivity contribution in [1.82, 2.24) is 4.90 Å². The first-order valence-electron chi connectivity index (χ1n) is 13.2.